The average Bonchev–Trinajstić information content (AvgIpc) is 2.37. The van der Waals surface area contributed by atoms with Gasteiger partial charge in [0, 0.05) is 29.9 Å². The topological polar surface area (TPSA) is 68.1 Å². The number of nitro groups is 1. The molecule has 1 aromatic heterocycles. The molecule has 0 amide bonds. The highest BCUT2D eigenvalue weighted by atomic mass is 16.6. The highest BCUT2D eigenvalue weighted by molar-refractivity contribution is 5.47. The summed E-state index contributed by atoms with van der Waals surface area (Å²) in [6.07, 6.45) is 3.85. The average molecular weight is 279 g/mol. The minimum absolute atomic E-state index is 0.186. The van der Waals surface area contributed by atoms with Gasteiger partial charge in [-0.2, -0.15) is 0 Å². The Balaban J connectivity index is 2.74. The van der Waals surface area contributed by atoms with Gasteiger partial charge in [0.15, 0.2) is 0 Å². The van der Waals surface area contributed by atoms with Crippen molar-refractivity contribution in [2.45, 2.75) is 60.0 Å². The van der Waals surface area contributed by atoms with E-state index in [4.69, 9.17) is 0 Å². The second-order valence-electron chi connectivity index (χ2n) is 5.65. The van der Waals surface area contributed by atoms with Crippen LogP contribution in [-0.4, -0.2) is 15.9 Å². The summed E-state index contributed by atoms with van der Waals surface area (Å²) in [7, 11) is 0. The first-order valence-electron chi connectivity index (χ1n) is 7.19. The third-order valence-corrected chi connectivity index (χ3v) is 3.83. The quantitative estimate of drug-likeness (QED) is 0.612. The molecule has 0 aliphatic rings. The fraction of sp³-hybridized carbons (Fsp3) is 0.667. The minimum Gasteiger partial charge on any atom is -0.309 e. The lowest BCUT2D eigenvalue weighted by Gasteiger charge is -2.18. The van der Waals surface area contributed by atoms with Crippen LogP contribution in [0.15, 0.2) is 6.20 Å². The first-order valence-corrected chi connectivity index (χ1v) is 7.19. The summed E-state index contributed by atoms with van der Waals surface area (Å²) >= 11 is 0. The smallest absolute Gasteiger partial charge is 0.278 e. The van der Waals surface area contributed by atoms with Crippen LogP contribution in [0.25, 0.3) is 0 Å². The molecule has 0 saturated carbocycles. The van der Waals surface area contributed by atoms with Gasteiger partial charge in [0.25, 0.3) is 5.69 Å². The number of nitrogens with one attached hydrogen (secondary N) is 1. The van der Waals surface area contributed by atoms with Crippen molar-refractivity contribution in [1.82, 2.24) is 10.3 Å². The number of rotatable bonds is 7. The summed E-state index contributed by atoms with van der Waals surface area (Å²) in [4.78, 5) is 15.1. The van der Waals surface area contributed by atoms with Gasteiger partial charge in [-0.15, -0.1) is 0 Å². The van der Waals surface area contributed by atoms with Crippen LogP contribution in [0.3, 0.4) is 0 Å². The van der Waals surface area contributed by atoms with Crippen molar-refractivity contribution >= 4 is 5.69 Å². The van der Waals surface area contributed by atoms with E-state index in [1.165, 1.54) is 6.42 Å². The van der Waals surface area contributed by atoms with Gasteiger partial charge < -0.3 is 5.32 Å². The van der Waals surface area contributed by atoms with E-state index in [-0.39, 0.29) is 10.6 Å². The molecule has 0 aromatic carbocycles. The van der Waals surface area contributed by atoms with E-state index in [0.717, 1.165) is 12.1 Å². The Hall–Kier alpha value is -1.49. The summed E-state index contributed by atoms with van der Waals surface area (Å²) in [5, 5.41) is 14.5. The Kier molecular flexibility index (Phi) is 6.07. The molecule has 20 heavy (non-hydrogen) atoms. The number of nitrogens with zero attached hydrogens (tertiary/aromatic N) is 2. The number of aromatic nitrogens is 1. The molecule has 0 saturated heterocycles. The molecule has 1 aromatic rings. The van der Waals surface area contributed by atoms with Crippen molar-refractivity contribution in [3.8, 4) is 0 Å². The van der Waals surface area contributed by atoms with Gasteiger partial charge in [0.2, 0.25) is 0 Å². The Labute approximate surface area is 121 Å². The zero-order valence-electron chi connectivity index (χ0n) is 13.1. The molecule has 0 spiro atoms. The molecule has 0 aliphatic carbocycles. The van der Waals surface area contributed by atoms with Crippen molar-refractivity contribution in [3.05, 3.63) is 33.1 Å². The van der Waals surface area contributed by atoms with Crippen molar-refractivity contribution in [2.24, 2.45) is 5.92 Å². The first-order chi connectivity index (χ1) is 9.36. The molecule has 0 bridgehead atoms. The van der Waals surface area contributed by atoms with Crippen LogP contribution in [0, 0.1) is 29.9 Å². The monoisotopic (exact) mass is 279 g/mol. The van der Waals surface area contributed by atoms with Gasteiger partial charge in [-0.1, -0.05) is 20.3 Å². The Bertz CT molecular complexity index is 474. The van der Waals surface area contributed by atoms with Crippen molar-refractivity contribution < 1.29 is 4.92 Å². The number of pyridine rings is 1. The third-order valence-electron chi connectivity index (χ3n) is 3.83. The van der Waals surface area contributed by atoms with Crippen LogP contribution in [0.4, 0.5) is 5.69 Å². The van der Waals surface area contributed by atoms with Crippen LogP contribution < -0.4 is 5.32 Å². The molecule has 0 radical (unpaired) electrons. The number of hydrogen-bond donors (Lipinski definition) is 1. The maximum Gasteiger partial charge on any atom is 0.278 e. The van der Waals surface area contributed by atoms with Gasteiger partial charge in [0.1, 0.15) is 0 Å². The van der Waals surface area contributed by atoms with Gasteiger partial charge in [-0.3, -0.25) is 15.1 Å². The molecule has 5 nitrogen and oxygen atoms in total. The van der Waals surface area contributed by atoms with E-state index < -0.39 is 0 Å². The lowest BCUT2D eigenvalue weighted by molar-refractivity contribution is -0.386. The lowest BCUT2D eigenvalue weighted by Crippen LogP contribution is -2.28. The predicted molar refractivity (Wildman–Crippen MR) is 80.7 cm³/mol. The standard InChI is InChI=1S/C15H25N3O2/c1-6-10(2)7-12(4)16-9-14-13(5)15(18(19)20)11(3)8-17-14/h8,10,12,16H,6-7,9H2,1-5H3. The molecule has 0 fully saturated rings. The molecule has 0 aliphatic heterocycles. The largest absolute Gasteiger partial charge is 0.309 e. The first kappa shape index (κ1) is 16.6. The fourth-order valence-electron chi connectivity index (χ4n) is 2.35. The maximum absolute atomic E-state index is 11.1. The Morgan fingerprint density at radius 3 is 2.60 bits per heavy atom. The van der Waals surface area contributed by atoms with E-state index in [1.807, 2.05) is 0 Å². The van der Waals surface area contributed by atoms with Crippen molar-refractivity contribution in [2.75, 3.05) is 0 Å². The van der Waals surface area contributed by atoms with Crippen LogP contribution in [0.2, 0.25) is 0 Å². The summed E-state index contributed by atoms with van der Waals surface area (Å²) < 4.78 is 0. The number of hydrogen-bond acceptors (Lipinski definition) is 4. The molecule has 112 valence electrons. The number of aryl methyl sites for hydroxylation is 1. The summed E-state index contributed by atoms with van der Waals surface area (Å²) in [5.74, 6) is 0.680. The fourth-order valence-corrected chi connectivity index (χ4v) is 2.35. The molecular weight excluding hydrogens is 254 g/mol. The lowest BCUT2D eigenvalue weighted by atomic mass is 10.0. The summed E-state index contributed by atoms with van der Waals surface area (Å²) in [5.41, 5.74) is 2.23. The van der Waals surface area contributed by atoms with Crippen LogP contribution in [0.5, 0.6) is 0 Å². The van der Waals surface area contributed by atoms with E-state index in [2.05, 4.69) is 31.1 Å². The van der Waals surface area contributed by atoms with Crippen LogP contribution >= 0.6 is 0 Å². The Morgan fingerprint density at radius 1 is 1.40 bits per heavy atom. The second-order valence-corrected chi connectivity index (χ2v) is 5.65. The molecular formula is C15H25N3O2. The van der Waals surface area contributed by atoms with Crippen molar-refractivity contribution in [1.29, 1.82) is 0 Å². The molecule has 5 heteroatoms. The van der Waals surface area contributed by atoms with Crippen LogP contribution in [0.1, 0.15) is 50.4 Å². The normalized spacial score (nSPS) is 14.1. The maximum atomic E-state index is 11.1. The molecule has 1 N–H and O–H groups in total. The van der Waals surface area contributed by atoms with Gasteiger partial charge in [-0.25, -0.2) is 0 Å². The van der Waals surface area contributed by atoms with Crippen LogP contribution in [-0.2, 0) is 6.54 Å². The second kappa shape index (κ2) is 7.33. The molecule has 2 unspecified atom stereocenters. The van der Waals surface area contributed by atoms with E-state index in [0.29, 0.717) is 29.6 Å². The molecule has 1 heterocycles. The van der Waals surface area contributed by atoms with Gasteiger partial charge >= 0.3 is 0 Å². The summed E-state index contributed by atoms with van der Waals surface area (Å²) in [6.45, 7) is 10.6. The minimum atomic E-state index is -0.321. The van der Waals surface area contributed by atoms with Gasteiger partial charge in [-0.05, 0) is 33.1 Å². The zero-order valence-corrected chi connectivity index (χ0v) is 13.1. The molecule has 1 rings (SSSR count). The zero-order chi connectivity index (χ0) is 15.3. The SMILES string of the molecule is CCC(C)CC(C)NCc1ncc(C)c([N+](=O)[O-])c1C. The van der Waals surface area contributed by atoms with Gasteiger partial charge in [0.05, 0.1) is 10.6 Å². The Morgan fingerprint density at radius 2 is 2.05 bits per heavy atom. The third kappa shape index (κ3) is 4.27. The van der Waals surface area contributed by atoms with Crippen molar-refractivity contribution in [3.63, 3.8) is 0 Å². The van der Waals surface area contributed by atoms with E-state index in [9.17, 15) is 10.1 Å². The molecule has 2 atom stereocenters. The summed E-state index contributed by atoms with van der Waals surface area (Å²) in [6, 6.07) is 0.381. The van der Waals surface area contributed by atoms with E-state index in [1.54, 1.807) is 20.0 Å². The highest BCUT2D eigenvalue weighted by Gasteiger charge is 2.18. The predicted octanol–water partition coefficient (Wildman–Crippen LogP) is 3.52. The van der Waals surface area contributed by atoms with E-state index >= 15 is 0 Å². The highest BCUT2D eigenvalue weighted by Crippen LogP contribution is 2.24.